The van der Waals surface area contributed by atoms with Crippen LogP contribution in [-0.2, 0) is 22.6 Å². The van der Waals surface area contributed by atoms with Crippen LogP contribution in [0.4, 0.5) is 0 Å². The van der Waals surface area contributed by atoms with E-state index in [1.165, 1.54) is 11.1 Å². The lowest BCUT2D eigenvalue weighted by Crippen LogP contribution is -2.27. The molecule has 0 aliphatic heterocycles. The lowest BCUT2D eigenvalue weighted by molar-refractivity contribution is 0.0832. The molecule has 0 saturated heterocycles. The van der Waals surface area contributed by atoms with E-state index in [1.807, 2.05) is 6.07 Å². The van der Waals surface area contributed by atoms with E-state index in [1.54, 1.807) is 7.11 Å². The van der Waals surface area contributed by atoms with Gasteiger partial charge in [0.05, 0.1) is 6.61 Å². The fourth-order valence-electron chi connectivity index (χ4n) is 2.10. The van der Waals surface area contributed by atoms with Crippen molar-refractivity contribution in [3.05, 3.63) is 35.4 Å². The SMILES string of the molecule is CCN(CCOCCCOC)Cc1ccccc1CN. The molecule has 0 fully saturated rings. The highest BCUT2D eigenvalue weighted by molar-refractivity contribution is 5.26. The first-order valence-corrected chi connectivity index (χ1v) is 7.37. The van der Waals surface area contributed by atoms with Crippen LogP contribution in [0, 0.1) is 0 Å². The molecule has 0 radical (unpaired) electrons. The summed E-state index contributed by atoms with van der Waals surface area (Å²) >= 11 is 0. The molecule has 0 heterocycles. The van der Waals surface area contributed by atoms with E-state index in [-0.39, 0.29) is 0 Å². The highest BCUT2D eigenvalue weighted by Crippen LogP contribution is 2.11. The molecule has 1 aromatic carbocycles. The van der Waals surface area contributed by atoms with Gasteiger partial charge in [-0.05, 0) is 24.1 Å². The number of nitrogens with two attached hydrogens (primary N) is 1. The van der Waals surface area contributed by atoms with E-state index in [4.69, 9.17) is 15.2 Å². The summed E-state index contributed by atoms with van der Waals surface area (Å²) in [7, 11) is 1.72. The molecule has 0 bridgehead atoms. The third-order valence-electron chi connectivity index (χ3n) is 3.37. The van der Waals surface area contributed by atoms with Crippen molar-refractivity contribution >= 4 is 0 Å². The van der Waals surface area contributed by atoms with Crippen LogP contribution in [0.1, 0.15) is 24.5 Å². The standard InChI is InChI=1S/C16H28N2O2/c1-3-18(9-12-20-11-6-10-19-2)14-16-8-5-4-7-15(16)13-17/h4-5,7-8H,3,6,9-14,17H2,1-2H3. The third kappa shape index (κ3) is 6.48. The van der Waals surface area contributed by atoms with Gasteiger partial charge in [0.2, 0.25) is 0 Å². The van der Waals surface area contributed by atoms with Crippen molar-refractivity contribution in [1.29, 1.82) is 0 Å². The summed E-state index contributed by atoms with van der Waals surface area (Å²) in [6.45, 7) is 7.97. The summed E-state index contributed by atoms with van der Waals surface area (Å²) in [5.41, 5.74) is 8.33. The third-order valence-corrected chi connectivity index (χ3v) is 3.37. The van der Waals surface area contributed by atoms with Gasteiger partial charge in [-0.2, -0.15) is 0 Å². The average molecular weight is 280 g/mol. The second kappa shape index (κ2) is 10.8. The Balaban J connectivity index is 2.31. The summed E-state index contributed by atoms with van der Waals surface area (Å²) in [5, 5.41) is 0. The highest BCUT2D eigenvalue weighted by atomic mass is 16.5. The molecular weight excluding hydrogens is 252 g/mol. The molecule has 4 nitrogen and oxygen atoms in total. The topological polar surface area (TPSA) is 47.7 Å². The quantitative estimate of drug-likeness (QED) is 0.630. The minimum atomic E-state index is 0.598. The van der Waals surface area contributed by atoms with Crippen LogP contribution in [0.3, 0.4) is 0 Å². The Bertz CT molecular complexity index is 358. The first kappa shape index (κ1) is 17.1. The molecule has 0 unspecified atom stereocenters. The van der Waals surface area contributed by atoms with Crippen LogP contribution in [0.5, 0.6) is 0 Å². The molecule has 0 atom stereocenters. The summed E-state index contributed by atoms with van der Waals surface area (Å²) in [4.78, 5) is 2.38. The smallest absolute Gasteiger partial charge is 0.0593 e. The van der Waals surface area contributed by atoms with Crippen molar-refractivity contribution in [3.8, 4) is 0 Å². The van der Waals surface area contributed by atoms with Gasteiger partial charge >= 0.3 is 0 Å². The van der Waals surface area contributed by atoms with E-state index in [0.29, 0.717) is 6.54 Å². The minimum Gasteiger partial charge on any atom is -0.385 e. The Labute approximate surface area is 122 Å². The summed E-state index contributed by atoms with van der Waals surface area (Å²) in [6.07, 6.45) is 0.957. The number of rotatable bonds is 11. The maximum atomic E-state index is 5.78. The van der Waals surface area contributed by atoms with Crippen molar-refractivity contribution in [2.24, 2.45) is 5.73 Å². The second-order valence-corrected chi connectivity index (χ2v) is 4.80. The van der Waals surface area contributed by atoms with Crippen LogP contribution in [-0.4, -0.2) is 44.9 Å². The van der Waals surface area contributed by atoms with Gasteiger partial charge in [0, 0.05) is 40.0 Å². The van der Waals surface area contributed by atoms with Crippen molar-refractivity contribution < 1.29 is 9.47 Å². The molecule has 4 heteroatoms. The Morgan fingerprint density at radius 3 is 2.50 bits per heavy atom. The largest absolute Gasteiger partial charge is 0.385 e. The minimum absolute atomic E-state index is 0.598. The van der Waals surface area contributed by atoms with Crippen LogP contribution in [0.2, 0.25) is 0 Å². The van der Waals surface area contributed by atoms with E-state index in [2.05, 4.69) is 30.0 Å². The van der Waals surface area contributed by atoms with Gasteiger partial charge in [-0.15, -0.1) is 0 Å². The van der Waals surface area contributed by atoms with E-state index in [9.17, 15) is 0 Å². The second-order valence-electron chi connectivity index (χ2n) is 4.80. The number of nitrogens with zero attached hydrogens (tertiary/aromatic N) is 1. The number of methoxy groups -OCH3 is 1. The lowest BCUT2D eigenvalue weighted by atomic mass is 10.1. The average Bonchev–Trinajstić information content (AvgIpc) is 2.50. The molecule has 2 N–H and O–H groups in total. The predicted octanol–water partition coefficient (Wildman–Crippen LogP) is 2.02. The van der Waals surface area contributed by atoms with Crippen LogP contribution >= 0.6 is 0 Å². The Morgan fingerprint density at radius 2 is 1.85 bits per heavy atom. The number of ether oxygens (including phenoxy) is 2. The van der Waals surface area contributed by atoms with Crippen molar-refractivity contribution in [2.45, 2.75) is 26.4 Å². The molecule has 0 aliphatic rings. The molecule has 114 valence electrons. The molecule has 0 aliphatic carbocycles. The summed E-state index contributed by atoms with van der Waals surface area (Å²) < 4.78 is 10.6. The fraction of sp³-hybridized carbons (Fsp3) is 0.625. The number of hydrogen-bond donors (Lipinski definition) is 1. The Hall–Kier alpha value is -0.940. The molecular formula is C16H28N2O2. The van der Waals surface area contributed by atoms with Crippen LogP contribution < -0.4 is 5.73 Å². The Kier molecular flexibility index (Phi) is 9.24. The zero-order chi connectivity index (χ0) is 14.6. The molecule has 0 spiro atoms. The van der Waals surface area contributed by atoms with Gasteiger partial charge in [-0.25, -0.2) is 0 Å². The van der Waals surface area contributed by atoms with Gasteiger partial charge in [-0.1, -0.05) is 31.2 Å². The lowest BCUT2D eigenvalue weighted by Gasteiger charge is -2.21. The first-order chi connectivity index (χ1) is 9.81. The number of likely N-dealkylation sites (N-methyl/N-ethyl adjacent to an activating group) is 1. The molecule has 0 aromatic heterocycles. The maximum absolute atomic E-state index is 5.78. The number of benzene rings is 1. The van der Waals surface area contributed by atoms with Crippen LogP contribution in [0.15, 0.2) is 24.3 Å². The fourth-order valence-corrected chi connectivity index (χ4v) is 2.10. The van der Waals surface area contributed by atoms with Crippen molar-refractivity contribution in [1.82, 2.24) is 4.90 Å². The van der Waals surface area contributed by atoms with E-state index in [0.717, 1.165) is 45.9 Å². The van der Waals surface area contributed by atoms with Gasteiger partial charge < -0.3 is 15.2 Å². The van der Waals surface area contributed by atoms with Gasteiger partial charge in [0.25, 0.3) is 0 Å². The first-order valence-electron chi connectivity index (χ1n) is 7.37. The monoisotopic (exact) mass is 280 g/mol. The maximum Gasteiger partial charge on any atom is 0.0593 e. The molecule has 1 rings (SSSR count). The highest BCUT2D eigenvalue weighted by Gasteiger charge is 2.06. The Morgan fingerprint density at radius 1 is 1.10 bits per heavy atom. The van der Waals surface area contributed by atoms with Crippen LogP contribution in [0.25, 0.3) is 0 Å². The zero-order valence-electron chi connectivity index (χ0n) is 12.8. The number of hydrogen-bond acceptors (Lipinski definition) is 4. The molecule has 20 heavy (non-hydrogen) atoms. The summed E-state index contributed by atoms with van der Waals surface area (Å²) in [6, 6.07) is 8.37. The van der Waals surface area contributed by atoms with Gasteiger partial charge in [-0.3, -0.25) is 4.90 Å². The normalized spacial score (nSPS) is 11.2. The summed E-state index contributed by atoms with van der Waals surface area (Å²) in [5.74, 6) is 0. The van der Waals surface area contributed by atoms with E-state index >= 15 is 0 Å². The zero-order valence-corrected chi connectivity index (χ0v) is 12.8. The van der Waals surface area contributed by atoms with Crippen molar-refractivity contribution in [2.75, 3.05) is 40.0 Å². The van der Waals surface area contributed by atoms with E-state index < -0.39 is 0 Å². The molecule has 0 amide bonds. The van der Waals surface area contributed by atoms with Crippen molar-refractivity contribution in [3.63, 3.8) is 0 Å². The van der Waals surface area contributed by atoms with Gasteiger partial charge in [0.1, 0.15) is 0 Å². The van der Waals surface area contributed by atoms with Gasteiger partial charge in [0.15, 0.2) is 0 Å². The molecule has 1 aromatic rings. The molecule has 0 saturated carbocycles. The predicted molar refractivity (Wildman–Crippen MR) is 82.6 cm³/mol.